The fraction of sp³-hybridized carbons (Fsp3) is 0.600. The number of nitrogens with zero attached hydrogens (tertiary/aromatic N) is 3. The van der Waals surface area contributed by atoms with E-state index in [0.717, 1.165) is 25.0 Å². The molecule has 1 unspecified atom stereocenters. The average Bonchev–Trinajstić information content (AvgIpc) is 3.05. The molecule has 100 valence electrons. The van der Waals surface area contributed by atoms with Gasteiger partial charge in [0.1, 0.15) is 11.3 Å². The van der Waals surface area contributed by atoms with Gasteiger partial charge in [-0.1, -0.05) is 6.92 Å². The Labute approximate surface area is 113 Å². The maximum absolute atomic E-state index is 4.96. The minimum atomic E-state index is 0.224. The van der Waals surface area contributed by atoms with Crippen LogP contribution in [0.4, 0.5) is 0 Å². The van der Waals surface area contributed by atoms with Crippen LogP contribution in [0.2, 0.25) is 0 Å². The van der Waals surface area contributed by atoms with Gasteiger partial charge in [-0.2, -0.15) is 0 Å². The number of nitrogens with one attached hydrogen (secondary N) is 1. The quantitative estimate of drug-likeness (QED) is 0.917. The van der Waals surface area contributed by atoms with E-state index >= 15 is 0 Å². The number of pyridine rings is 1. The summed E-state index contributed by atoms with van der Waals surface area (Å²) in [5.74, 6) is 1.30. The van der Waals surface area contributed by atoms with Gasteiger partial charge in [-0.25, -0.2) is 4.98 Å². The third-order valence-corrected chi connectivity index (χ3v) is 4.80. The molecule has 1 atom stereocenters. The topological polar surface area (TPSA) is 42.7 Å². The lowest BCUT2D eigenvalue weighted by atomic mass is 9.83. The van der Waals surface area contributed by atoms with E-state index in [1.54, 1.807) is 0 Å². The molecule has 2 aromatic rings. The zero-order chi connectivity index (χ0) is 12.9. The van der Waals surface area contributed by atoms with Crippen molar-refractivity contribution in [2.45, 2.75) is 44.1 Å². The molecule has 0 aromatic carbocycles. The van der Waals surface area contributed by atoms with Gasteiger partial charge in [-0.15, -0.1) is 0 Å². The lowest BCUT2D eigenvalue weighted by Crippen LogP contribution is -2.31. The zero-order valence-electron chi connectivity index (χ0n) is 11.4. The third kappa shape index (κ3) is 1.62. The largest absolute Gasteiger partial charge is 0.324 e. The van der Waals surface area contributed by atoms with Gasteiger partial charge in [0.25, 0.3) is 0 Å². The summed E-state index contributed by atoms with van der Waals surface area (Å²) in [7, 11) is 0. The zero-order valence-corrected chi connectivity index (χ0v) is 11.4. The molecule has 0 bridgehead atoms. The van der Waals surface area contributed by atoms with E-state index in [0.29, 0.717) is 6.04 Å². The van der Waals surface area contributed by atoms with Gasteiger partial charge >= 0.3 is 0 Å². The van der Waals surface area contributed by atoms with Crippen LogP contribution in [0.25, 0.3) is 11.0 Å². The van der Waals surface area contributed by atoms with Crippen LogP contribution in [0.3, 0.4) is 0 Å². The highest BCUT2D eigenvalue weighted by molar-refractivity contribution is 5.75. The van der Waals surface area contributed by atoms with Crippen molar-refractivity contribution in [1.82, 2.24) is 19.9 Å². The Morgan fingerprint density at radius 2 is 2.37 bits per heavy atom. The fourth-order valence-corrected chi connectivity index (χ4v) is 3.42. The first kappa shape index (κ1) is 11.4. The number of aromatic nitrogens is 3. The summed E-state index contributed by atoms with van der Waals surface area (Å²) in [4.78, 5) is 9.19. The van der Waals surface area contributed by atoms with Crippen LogP contribution in [-0.2, 0) is 5.41 Å². The first-order valence-corrected chi connectivity index (χ1v) is 7.37. The van der Waals surface area contributed by atoms with Crippen LogP contribution >= 0.6 is 0 Å². The van der Waals surface area contributed by atoms with Crippen LogP contribution in [0.1, 0.15) is 44.5 Å². The SMILES string of the molecule is CCC1(c2nc3cnccc3n2C2CC2)CCNC1. The Bertz CT molecular complexity index is 606. The highest BCUT2D eigenvalue weighted by Gasteiger charge is 2.41. The fourth-order valence-electron chi connectivity index (χ4n) is 3.42. The van der Waals surface area contributed by atoms with Crippen LogP contribution < -0.4 is 5.32 Å². The summed E-state index contributed by atoms with van der Waals surface area (Å²) < 4.78 is 2.51. The second-order valence-corrected chi connectivity index (χ2v) is 5.96. The number of imidazole rings is 1. The van der Waals surface area contributed by atoms with E-state index in [9.17, 15) is 0 Å². The van der Waals surface area contributed by atoms with Crippen molar-refractivity contribution in [3.63, 3.8) is 0 Å². The van der Waals surface area contributed by atoms with Gasteiger partial charge in [0, 0.05) is 24.2 Å². The Morgan fingerprint density at radius 1 is 1.47 bits per heavy atom. The van der Waals surface area contributed by atoms with Crippen molar-refractivity contribution in [3.8, 4) is 0 Å². The van der Waals surface area contributed by atoms with Gasteiger partial charge in [-0.3, -0.25) is 4.98 Å². The molecule has 4 rings (SSSR count). The summed E-state index contributed by atoms with van der Waals surface area (Å²) in [5, 5.41) is 3.52. The van der Waals surface area contributed by atoms with Crippen molar-refractivity contribution in [1.29, 1.82) is 0 Å². The van der Waals surface area contributed by atoms with E-state index in [1.165, 1.54) is 30.6 Å². The van der Waals surface area contributed by atoms with E-state index in [-0.39, 0.29) is 5.41 Å². The molecule has 1 N–H and O–H groups in total. The smallest absolute Gasteiger partial charge is 0.117 e. The minimum absolute atomic E-state index is 0.224. The summed E-state index contributed by atoms with van der Waals surface area (Å²) in [6.45, 7) is 4.47. The molecule has 4 heteroatoms. The van der Waals surface area contributed by atoms with Gasteiger partial charge in [-0.05, 0) is 38.3 Å². The molecule has 1 aliphatic carbocycles. The molecule has 1 aliphatic heterocycles. The molecule has 19 heavy (non-hydrogen) atoms. The monoisotopic (exact) mass is 256 g/mol. The molecule has 2 aliphatic rings. The maximum Gasteiger partial charge on any atom is 0.117 e. The lowest BCUT2D eigenvalue weighted by Gasteiger charge is -2.27. The molecule has 3 heterocycles. The second-order valence-electron chi connectivity index (χ2n) is 5.96. The van der Waals surface area contributed by atoms with Crippen molar-refractivity contribution in [2.75, 3.05) is 13.1 Å². The molecular weight excluding hydrogens is 236 g/mol. The Morgan fingerprint density at radius 3 is 3.05 bits per heavy atom. The van der Waals surface area contributed by atoms with E-state index < -0.39 is 0 Å². The van der Waals surface area contributed by atoms with Crippen molar-refractivity contribution >= 4 is 11.0 Å². The molecule has 1 saturated heterocycles. The molecule has 1 saturated carbocycles. The van der Waals surface area contributed by atoms with Crippen LogP contribution in [0.5, 0.6) is 0 Å². The normalized spacial score (nSPS) is 27.2. The maximum atomic E-state index is 4.96. The Kier molecular flexibility index (Phi) is 2.42. The lowest BCUT2D eigenvalue weighted by molar-refractivity contribution is 0.406. The van der Waals surface area contributed by atoms with E-state index in [4.69, 9.17) is 4.98 Å². The second kappa shape index (κ2) is 4.04. The molecule has 2 aromatic heterocycles. The van der Waals surface area contributed by atoms with Gasteiger partial charge in [0.15, 0.2) is 0 Å². The highest BCUT2D eigenvalue weighted by atomic mass is 15.2. The van der Waals surface area contributed by atoms with E-state index in [1.807, 2.05) is 12.4 Å². The highest BCUT2D eigenvalue weighted by Crippen LogP contribution is 2.43. The number of hydrogen-bond donors (Lipinski definition) is 1. The predicted octanol–water partition coefficient (Wildman–Crippen LogP) is 2.41. The first-order valence-electron chi connectivity index (χ1n) is 7.37. The summed E-state index contributed by atoms with van der Waals surface area (Å²) in [5.41, 5.74) is 2.55. The summed E-state index contributed by atoms with van der Waals surface area (Å²) in [6.07, 6.45) is 8.75. The standard InChI is InChI=1S/C15H20N4/c1-2-15(6-8-17-10-15)14-18-12-9-16-7-5-13(12)19(14)11-3-4-11/h5,7,9,11,17H,2-4,6,8,10H2,1H3. The molecule has 0 amide bonds. The predicted molar refractivity (Wildman–Crippen MR) is 75.3 cm³/mol. The van der Waals surface area contributed by atoms with Crippen LogP contribution in [0.15, 0.2) is 18.5 Å². The van der Waals surface area contributed by atoms with Gasteiger partial charge < -0.3 is 9.88 Å². The molecular formula is C15H20N4. The molecule has 0 radical (unpaired) electrons. The summed E-state index contributed by atoms with van der Waals surface area (Å²) >= 11 is 0. The third-order valence-electron chi connectivity index (χ3n) is 4.80. The first-order chi connectivity index (χ1) is 9.34. The van der Waals surface area contributed by atoms with Gasteiger partial charge in [0.2, 0.25) is 0 Å². The Balaban J connectivity index is 1.95. The van der Waals surface area contributed by atoms with Crippen molar-refractivity contribution < 1.29 is 0 Å². The Hall–Kier alpha value is -1.42. The summed E-state index contributed by atoms with van der Waals surface area (Å²) in [6, 6.07) is 2.79. The van der Waals surface area contributed by atoms with Crippen molar-refractivity contribution in [2.24, 2.45) is 0 Å². The molecule has 2 fully saturated rings. The van der Waals surface area contributed by atoms with Gasteiger partial charge in [0.05, 0.1) is 11.7 Å². The average molecular weight is 256 g/mol. The number of rotatable bonds is 3. The number of fused-ring (bicyclic) bond motifs is 1. The molecule has 4 nitrogen and oxygen atoms in total. The molecule has 0 spiro atoms. The van der Waals surface area contributed by atoms with Crippen LogP contribution in [0, 0.1) is 0 Å². The van der Waals surface area contributed by atoms with E-state index in [2.05, 4.69) is 27.9 Å². The van der Waals surface area contributed by atoms with Crippen LogP contribution in [-0.4, -0.2) is 27.6 Å². The van der Waals surface area contributed by atoms with Crippen molar-refractivity contribution in [3.05, 3.63) is 24.3 Å². The minimum Gasteiger partial charge on any atom is -0.324 e. The number of hydrogen-bond acceptors (Lipinski definition) is 3.